The van der Waals surface area contributed by atoms with Crippen molar-refractivity contribution in [3.05, 3.63) is 23.8 Å². The molecule has 0 amide bonds. The predicted molar refractivity (Wildman–Crippen MR) is 68.0 cm³/mol. The van der Waals surface area contributed by atoms with Crippen molar-refractivity contribution in [2.75, 3.05) is 20.8 Å². The number of aliphatic hydroxyl groups is 1. The van der Waals surface area contributed by atoms with Gasteiger partial charge in [-0.1, -0.05) is 6.92 Å². The lowest BCUT2D eigenvalue weighted by Crippen LogP contribution is -2.33. The quantitative estimate of drug-likeness (QED) is 0.892. The van der Waals surface area contributed by atoms with Crippen LogP contribution in [0.4, 0.5) is 0 Å². The molecule has 1 aliphatic rings. The van der Waals surface area contributed by atoms with Crippen molar-refractivity contribution in [3.8, 4) is 11.5 Å². The molecule has 2 rings (SSSR count). The molecule has 100 valence electrons. The van der Waals surface area contributed by atoms with Crippen molar-refractivity contribution in [2.45, 2.75) is 25.6 Å². The summed E-state index contributed by atoms with van der Waals surface area (Å²) >= 11 is 0. The maximum absolute atomic E-state index is 10.2. The third-order valence-electron chi connectivity index (χ3n) is 3.37. The van der Waals surface area contributed by atoms with Crippen molar-refractivity contribution in [1.29, 1.82) is 0 Å². The molecule has 1 aliphatic heterocycles. The molecule has 0 radical (unpaired) electrons. The maximum Gasteiger partial charge on any atom is 0.125 e. The van der Waals surface area contributed by atoms with Crippen molar-refractivity contribution < 1.29 is 19.3 Å². The number of benzene rings is 1. The molecular formula is C14H20O4. The Hall–Kier alpha value is -1.26. The van der Waals surface area contributed by atoms with E-state index in [0.717, 1.165) is 17.1 Å². The van der Waals surface area contributed by atoms with Crippen LogP contribution in [0.15, 0.2) is 18.2 Å². The van der Waals surface area contributed by atoms with Gasteiger partial charge >= 0.3 is 0 Å². The summed E-state index contributed by atoms with van der Waals surface area (Å²) in [5, 5.41) is 10.2. The molecule has 0 aliphatic carbocycles. The summed E-state index contributed by atoms with van der Waals surface area (Å²) in [5.41, 5.74) is 0.801. The molecule has 1 heterocycles. The Morgan fingerprint density at radius 1 is 1.44 bits per heavy atom. The minimum atomic E-state index is -0.506. The standard InChI is InChI=1S/C14H20O4/c1-9(8-16-2)14-7-12(15)11-6-10(17-3)4-5-13(11)18-14/h4-6,9,12,14-15H,7-8H2,1-3H3. The van der Waals surface area contributed by atoms with Gasteiger partial charge in [-0.2, -0.15) is 0 Å². The lowest BCUT2D eigenvalue weighted by atomic mass is 9.92. The van der Waals surface area contributed by atoms with Crippen molar-refractivity contribution in [3.63, 3.8) is 0 Å². The summed E-state index contributed by atoms with van der Waals surface area (Å²) in [6.45, 7) is 2.69. The van der Waals surface area contributed by atoms with Gasteiger partial charge in [0.25, 0.3) is 0 Å². The second-order valence-electron chi connectivity index (χ2n) is 4.74. The van der Waals surface area contributed by atoms with E-state index in [0.29, 0.717) is 13.0 Å². The SMILES string of the molecule is COCC(C)C1CC(O)c2cc(OC)ccc2O1. The van der Waals surface area contributed by atoms with Crippen molar-refractivity contribution in [2.24, 2.45) is 5.92 Å². The highest BCUT2D eigenvalue weighted by atomic mass is 16.5. The Bertz CT molecular complexity index is 405. The zero-order chi connectivity index (χ0) is 13.1. The van der Waals surface area contributed by atoms with Crippen LogP contribution < -0.4 is 9.47 Å². The molecule has 0 fully saturated rings. The Morgan fingerprint density at radius 2 is 2.22 bits per heavy atom. The summed E-state index contributed by atoms with van der Waals surface area (Å²) in [5.74, 6) is 1.72. The molecular weight excluding hydrogens is 232 g/mol. The average molecular weight is 252 g/mol. The maximum atomic E-state index is 10.2. The first-order valence-electron chi connectivity index (χ1n) is 6.17. The smallest absolute Gasteiger partial charge is 0.125 e. The summed E-state index contributed by atoms with van der Waals surface area (Å²) in [7, 11) is 3.29. The lowest BCUT2D eigenvalue weighted by molar-refractivity contribution is 0.0135. The Morgan fingerprint density at radius 3 is 2.89 bits per heavy atom. The number of ether oxygens (including phenoxy) is 3. The fourth-order valence-corrected chi connectivity index (χ4v) is 2.30. The first-order chi connectivity index (χ1) is 8.65. The van der Waals surface area contributed by atoms with E-state index in [1.807, 2.05) is 18.2 Å². The largest absolute Gasteiger partial charge is 0.497 e. The van der Waals surface area contributed by atoms with Crippen LogP contribution in [0.2, 0.25) is 0 Å². The van der Waals surface area contributed by atoms with E-state index in [4.69, 9.17) is 14.2 Å². The van der Waals surface area contributed by atoms with Gasteiger partial charge < -0.3 is 19.3 Å². The highest BCUT2D eigenvalue weighted by Gasteiger charge is 2.30. The van der Waals surface area contributed by atoms with E-state index in [2.05, 4.69) is 6.92 Å². The van der Waals surface area contributed by atoms with E-state index >= 15 is 0 Å². The second kappa shape index (κ2) is 5.59. The van der Waals surface area contributed by atoms with Gasteiger partial charge in [0.1, 0.15) is 17.6 Å². The molecule has 18 heavy (non-hydrogen) atoms. The van der Waals surface area contributed by atoms with Crippen LogP contribution >= 0.6 is 0 Å². The van der Waals surface area contributed by atoms with E-state index in [9.17, 15) is 5.11 Å². The number of methoxy groups -OCH3 is 2. The third-order valence-corrected chi connectivity index (χ3v) is 3.37. The minimum Gasteiger partial charge on any atom is -0.497 e. The highest BCUT2D eigenvalue weighted by Crippen LogP contribution is 2.38. The van der Waals surface area contributed by atoms with E-state index in [1.165, 1.54) is 0 Å². The van der Waals surface area contributed by atoms with Crippen LogP contribution in [0, 0.1) is 5.92 Å². The zero-order valence-electron chi connectivity index (χ0n) is 11.1. The Balaban J connectivity index is 2.18. The Kier molecular flexibility index (Phi) is 4.09. The number of fused-ring (bicyclic) bond motifs is 1. The van der Waals surface area contributed by atoms with E-state index < -0.39 is 6.10 Å². The van der Waals surface area contributed by atoms with Gasteiger partial charge in [0.2, 0.25) is 0 Å². The summed E-state index contributed by atoms with van der Waals surface area (Å²) in [6, 6.07) is 5.52. The molecule has 3 unspecified atom stereocenters. The molecule has 4 heteroatoms. The van der Waals surface area contributed by atoms with Crippen LogP contribution in [0.1, 0.15) is 25.0 Å². The molecule has 1 aromatic rings. The number of hydrogen-bond donors (Lipinski definition) is 1. The van der Waals surface area contributed by atoms with E-state index in [-0.39, 0.29) is 12.0 Å². The molecule has 1 N–H and O–H groups in total. The summed E-state index contributed by atoms with van der Waals surface area (Å²) < 4.78 is 16.2. The third kappa shape index (κ3) is 2.60. The first kappa shape index (κ1) is 13.2. The van der Waals surface area contributed by atoms with Crippen LogP contribution in [0.3, 0.4) is 0 Å². The van der Waals surface area contributed by atoms with Gasteiger partial charge in [0.15, 0.2) is 0 Å². The van der Waals surface area contributed by atoms with Crippen LogP contribution in [-0.4, -0.2) is 32.0 Å². The van der Waals surface area contributed by atoms with Gasteiger partial charge in [0, 0.05) is 25.0 Å². The fourth-order valence-electron chi connectivity index (χ4n) is 2.30. The fraction of sp³-hybridized carbons (Fsp3) is 0.571. The predicted octanol–water partition coefficient (Wildman–Crippen LogP) is 2.16. The normalized spacial score (nSPS) is 24.0. The molecule has 3 atom stereocenters. The average Bonchev–Trinajstić information content (AvgIpc) is 2.38. The molecule has 0 spiro atoms. The van der Waals surface area contributed by atoms with Crippen molar-refractivity contribution in [1.82, 2.24) is 0 Å². The van der Waals surface area contributed by atoms with Crippen molar-refractivity contribution >= 4 is 0 Å². The van der Waals surface area contributed by atoms with Crippen LogP contribution in [-0.2, 0) is 4.74 Å². The molecule has 1 aromatic carbocycles. The lowest BCUT2D eigenvalue weighted by Gasteiger charge is -2.33. The van der Waals surface area contributed by atoms with Gasteiger partial charge in [-0.25, -0.2) is 0 Å². The van der Waals surface area contributed by atoms with Gasteiger partial charge in [-0.3, -0.25) is 0 Å². The Labute approximate surface area is 107 Å². The molecule has 0 bridgehead atoms. The summed E-state index contributed by atoms with van der Waals surface area (Å²) in [4.78, 5) is 0. The monoisotopic (exact) mass is 252 g/mol. The number of hydrogen-bond acceptors (Lipinski definition) is 4. The molecule has 0 aromatic heterocycles. The van der Waals surface area contributed by atoms with Crippen LogP contribution in [0.25, 0.3) is 0 Å². The van der Waals surface area contributed by atoms with Gasteiger partial charge in [0.05, 0.1) is 19.8 Å². The molecule has 0 saturated carbocycles. The summed E-state index contributed by atoms with van der Waals surface area (Å²) in [6.07, 6.45) is 0.0685. The van der Waals surface area contributed by atoms with E-state index in [1.54, 1.807) is 14.2 Å². The topological polar surface area (TPSA) is 47.9 Å². The minimum absolute atomic E-state index is 0.0131. The molecule has 0 saturated heterocycles. The highest BCUT2D eigenvalue weighted by molar-refractivity contribution is 5.43. The van der Waals surface area contributed by atoms with Crippen LogP contribution in [0.5, 0.6) is 11.5 Å². The number of rotatable bonds is 4. The zero-order valence-corrected chi connectivity index (χ0v) is 11.1. The molecule has 4 nitrogen and oxygen atoms in total. The van der Waals surface area contributed by atoms with Gasteiger partial charge in [-0.15, -0.1) is 0 Å². The second-order valence-corrected chi connectivity index (χ2v) is 4.74. The number of aliphatic hydroxyl groups excluding tert-OH is 1. The first-order valence-corrected chi connectivity index (χ1v) is 6.17. The van der Waals surface area contributed by atoms with Gasteiger partial charge in [-0.05, 0) is 18.2 Å².